The summed E-state index contributed by atoms with van der Waals surface area (Å²) in [4.78, 5) is 0. The molecular formula is C15H13BrFN3S. The van der Waals surface area contributed by atoms with Crippen molar-refractivity contribution in [2.45, 2.75) is 6.54 Å². The molecule has 0 aliphatic carbocycles. The predicted octanol–water partition coefficient (Wildman–Crippen LogP) is 3.59. The number of hydrogen-bond donors (Lipinski definition) is 2. The second-order valence-corrected chi connectivity index (χ2v) is 5.53. The minimum atomic E-state index is -0.341. The van der Waals surface area contributed by atoms with Crippen molar-refractivity contribution in [1.29, 1.82) is 0 Å². The Balaban J connectivity index is 1.83. The largest absolute Gasteiger partial charge is 0.357 e. The van der Waals surface area contributed by atoms with Crippen molar-refractivity contribution in [3.63, 3.8) is 0 Å². The molecule has 0 saturated carbocycles. The highest BCUT2D eigenvalue weighted by atomic mass is 79.9. The maximum absolute atomic E-state index is 13.5. The molecule has 0 radical (unpaired) electrons. The van der Waals surface area contributed by atoms with Gasteiger partial charge < -0.3 is 5.32 Å². The van der Waals surface area contributed by atoms with Crippen LogP contribution < -0.4 is 10.7 Å². The average Bonchev–Trinajstić information content (AvgIpc) is 2.50. The third-order valence-electron chi connectivity index (χ3n) is 2.62. The lowest BCUT2D eigenvalue weighted by molar-refractivity contribution is 0.625. The number of halogens is 2. The molecule has 0 heterocycles. The van der Waals surface area contributed by atoms with Gasteiger partial charge in [-0.05, 0) is 36.0 Å². The SMILES string of the molecule is Fc1ccc(Br)cc1/C=N/NC(=S)NCc1ccccc1. The van der Waals surface area contributed by atoms with Crippen molar-refractivity contribution in [2.24, 2.45) is 5.10 Å². The van der Waals surface area contributed by atoms with Crippen LogP contribution in [0.1, 0.15) is 11.1 Å². The van der Waals surface area contributed by atoms with Crippen LogP contribution in [0.5, 0.6) is 0 Å². The Morgan fingerprint density at radius 1 is 1.24 bits per heavy atom. The molecule has 0 aromatic heterocycles. The second-order valence-electron chi connectivity index (χ2n) is 4.20. The van der Waals surface area contributed by atoms with Crippen LogP contribution in [0.3, 0.4) is 0 Å². The van der Waals surface area contributed by atoms with Gasteiger partial charge in [0.1, 0.15) is 5.82 Å². The number of hydrazone groups is 1. The number of rotatable bonds is 4. The molecule has 0 atom stereocenters. The standard InChI is InChI=1S/C15H13BrFN3S/c16-13-6-7-14(17)12(8-13)10-19-20-15(21)18-9-11-4-2-1-3-5-11/h1-8,10H,9H2,(H2,18,20,21)/b19-10+. The lowest BCUT2D eigenvalue weighted by Gasteiger charge is -2.06. The fourth-order valence-corrected chi connectivity index (χ4v) is 2.10. The first kappa shape index (κ1) is 15.6. The van der Waals surface area contributed by atoms with Gasteiger partial charge in [0, 0.05) is 16.6 Å². The van der Waals surface area contributed by atoms with Crippen LogP contribution in [0.15, 0.2) is 58.1 Å². The first-order valence-corrected chi connectivity index (χ1v) is 7.41. The van der Waals surface area contributed by atoms with Crippen LogP contribution in [-0.4, -0.2) is 11.3 Å². The van der Waals surface area contributed by atoms with Crippen molar-refractivity contribution >= 4 is 39.5 Å². The highest BCUT2D eigenvalue weighted by Gasteiger charge is 2.00. The molecule has 21 heavy (non-hydrogen) atoms. The molecule has 0 aliphatic rings. The van der Waals surface area contributed by atoms with Gasteiger partial charge in [-0.2, -0.15) is 5.10 Å². The summed E-state index contributed by atoms with van der Waals surface area (Å²) in [6.07, 6.45) is 1.39. The molecule has 3 nitrogen and oxygen atoms in total. The Morgan fingerprint density at radius 2 is 2.00 bits per heavy atom. The fraction of sp³-hybridized carbons (Fsp3) is 0.0667. The Labute approximate surface area is 136 Å². The monoisotopic (exact) mass is 365 g/mol. The lowest BCUT2D eigenvalue weighted by Crippen LogP contribution is -2.31. The third kappa shape index (κ3) is 5.24. The Bertz CT molecular complexity index is 647. The molecule has 0 bridgehead atoms. The number of nitrogens with zero attached hydrogens (tertiary/aromatic N) is 1. The summed E-state index contributed by atoms with van der Waals surface area (Å²) in [6.45, 7) is 0.605. The molecule has 108 valence electrons. The van der Waals surface area contributed by atoms with E-state index in [1.54, 1.807) is 12.1 Å². The fourth-order valence-electron chi connectivity index (χ4n) is 1.59. The van der Waals surface area contributed by atoms with Crippen LogP contribution in [-0.2, 0) is 6.54 Å². The van der Waals surface area contributed by atoms with E-state index in [1.165, 1.54) is 12.3 Å². The normalized spacial score (nSPS) is 10.6. The molecule has 0 unspecified atom stereocenters. The zero-order valence-electron chi connectivity index (χ0n) is 11.0. The zero-order valence-corrected chi connectivity index (χ0v) is 13.4. The van der Waals surface area contributed by atoms with Gasteiger partial charge in [0.05, 0.1) is 6.21 Å². The molecule has 6 heteroatoms. The summed E-state index contributed by atoms with van der Waals surface area (Å²) >= 11 is 8.37. The van der Waals surface area contributed by atoms with Gasteiger partial charge in [-0.3, -0.25) is 5.43 Å². The molecule has 0 amide bonds. The van der Waals surface area contributed by atoms with E-state index in [-0.39, 0.29) is 5.82 Å². The van der Waals surface area contributed by atoms with Crippen LogP contribution in [0.25, 0.3) is 0 Å². The Morgan fingerprint density at radius 3 is 2.76 bits per heavy atom. The molecule has 2 N–H and O–H groups in total. The average molecular weight is 366 g/mol. The first-order valence-electron chi connectivity index (χ1n) is 6.21. The summed E-state index contributed by atoms with van der Waals surface area (Å²) in [5.74, 6) is -0.341. The molecule has 2 rings (SSSR count). The summed E-state index contributed by atoms with van der Waals surface area (Å²) < 4.78 is 14.3. The smallest absolute Gasteiger partial charge is 0.187 e. The molecule has 0 saturated heterocycles. The highest BCUT2D eigenvalue weighted by Crippen LogP contribution is 2.13. The highest BCUT2D eigenvalue weighted by molar-refractivity contribution is 9.10. The molecule has 0 aliphatic heterocycles. The van der Waals surface area contributed by atoms with E-state index >= 15 is 0 Å². The third-order valence-corrected chi connectivity index (χ3v) is 3.35. The minimum Gasteiger partial charge on any atom is -0.357 e. The maximum Gasteiger partial charge on any atom is 0.187 e. The second kappa shape index (κ2) is 7.85. The van der Waals surface area contributed by atoms with Crippen molar-refractivity contribution < 1.29 is 4.39 Å². The van der Waals surface area contributed by atoms with Gasteiger partial charge in [0.15, 0.2) is 5.11 Å². The minimum absolute atomic E-state index is 0.341. The molecule has 0 spiro atoms. The van der Waals surface area contributed by atoms with Crippen molar-refractivity contribution in [3.05, 3.63) is 69.9 Å². The van der Waals surface area contributed by atoms with Crippen molar-refractivity contribution in [2.75, 3.05) is 0 Å². The van der Waals surface area contributed by atoms with E-state index in [2.05, 4.69) is 31.8 Å². The summed E-state index contributed by atoms with van der Waals surface area (Å²) in [5.41, 5.74) is 4.15. The van der Waals surface area contributed by atoms with E-state index in [9.17, 15) is 4.39 Å². The van der Waals surface area contributed by atoms with Gasteiger partial charge >= 0.3 is 0 Å². The zero-order chi connectivity index (χ0) is 15.1. The van der Waals surface area contributed by atoms with Crippen molar-refractivity contribution in [1.82, 2.24) is 10.7 Å². The summed E-state index contributed by atoms with van der Waals surface area (Å²) in [6, 6.07) is 14.5. The quantitative estimate of drug-likeness (QED) is 0.493. The van der Waals surface area contributed by atoms with Gasteiger partial charge in [0.2, 0.25) is 0 Å². The van der Waals surface area contributed by atoms with Crippen LogP contribution in [0.2, 0.25) is 0 Å². The Kier molecular flexibility index (Phi) is 5.83. The summed E-state index contributed by atoms with van der Waals surface area (Å²) in [7, 11) is 0. The van der Waals surface area contributed by atoms with E-state index < -0.39 is 0 Å². The topological polar surface area (TPSA) is 36.4 Å². The van der Waals surface area contributed by atoms with E-state index in [1.807, 2.05) is 30.3 Å². The summed E-state index contributed by atoms with van der Waals surface area (Å²) in [5, 5.41) is 7.31. The molecule has 2 aromatic carbocycles. The van der Waals surface area contributed by atoms with Gasteiger partial charge in [-0.25, -0.2) is 4.39 Å². The van der Waals surface area contributed by atoms with Crippen LogP contribution in [0.4, 0.5) is 4.39 Å². The van der Waals surface area contributed by atoms with E-state index in [0.29, 0.717) is 17.2 Å². The lowest BCUT2D eigenvalue weighted by atomic mass is 10.2. The van der Waals surface area contributed by atoms with Crippen molar-refractivity contribution in [3.8, 4) is 0 Å². The van der Waals surface area contributed by atoms with Gasteiger partial charge in [0.25, 0.3) is 0 Å². The predicted molar refractivity (Wildman–Crippen MR) is 90.7 cm³/mol. The molecular weight excluding hydrogens is 353 g/mol. The van der Waals surface area contributed by atoms with E-state index in [4.69, 9.17) is 12.2 Å². The number of hydrogen-bond acceptors (Lipinski definition) is 2. The first-order chi connectivity index (χ1) is 10.1. The number of thiocarbonyl (C=S) groups is 1. The molecule has 0 fully saturated rings. The maximum atomic E-state index is 13.5. The number of benzene rings is 2. The molecule has 2 aromatic rings. The van der Waals surface area contributed by atoms with Crippen LogP contribution >= 0.6 is 28.1 Å². The Hall–Kier alpha value is -1.79. The number of nitrogens with one attached hydrogen (secondary N) is 2. The van der Waals surface area contributed by atoms with Gasteiger partial charge in [-0.1, -0.05) is 46.3 Å². The van der Waals surface area contributed by atoms with E-state index in [0.717, 1.165) is 10.0 Å². The van der Waals surface area contributed by atoms with Crippen LogP contribution in [0, 0.1) is 5.82 Å². The van der Waals surface area contributed by atoms with Gasteiger partial charge in [-0.15, -0.1) is 0 Å².